The summed E-state index contributed by atoms with van der Waals surface area (Å²) in [4.78, 5) is 0. The molecule has 1 saturated heterocycles. The summed E-state index contributed by atoms with van der Waals surface area (Å²) < 4.78 is 11.7. The lowest BCUT2D eigenvalue weighted by atomic mass is 10.2. The Hall–Kier alpha value is -0.770. The number of ether oxygens (including phenoxy) is 2. The largest absolute Gasteiger partial charge is 0.491 e. The molecule has 2 atom stereocenters. The molecule has 0 aromatic heterocycles. The minimum Gasteiger partial charge on any atom is -0.491 e. The first-order valence-corrected chi connectivity index (χ1v) is 7.32. The lowest BCUT2D eigenvalue weighted by Crippen LogP contribution is -2.28. The molecule has 1 fully saturated rings. The molecule has 3 nitrogen and oxygen atoms in total. The summed E-state index contributed by atoms with van der Waals surface area (Å²) in [5, 5.41) is 4.09. The van der Waals surface area contributed by atoms with Gasteiger partial charge in [-0.25, -0.2) is 0 Å². The molecule has 1 aromatic rings. The van der Waals surface area contributed by atoms with E-state index >= 15 is 0 Å². The van der Waals surface area contributed by atoms with E-state index in [-0.39, 0.29) is 6.10 Å². The summed E-state index contributed by atoms with van der Waals surface area (Å²) in [5.41, 5.74) is 1.04. The SMILES string of the molecule is CCNCC1CCC(COc2ccc(Cl)c(C)c2)O1. The average molecular weight is 284 g/mol. The number of hydrogen-bond donors (Lipinski definition) is 1. The number of hydrogen-bond acceptors (Lipinski definition) is 3. The van der Waals surface area contributed by atoms with Gasteiger partial charge in [-0.05, 0) is 50.1 Å². The highest BCUT2D eigenvalue weighted by Gasteiger charge is 2.25. The Morgan fingerprint density at radius 2 is 2.16 bits per heavy atom. The van der Waals surface area contributed by atoms with Gasteiger partial charge >= 0.3 is 0 Å². The summed E-state index contributed by atoms with van der Waals surface area (Å²) in [6.07, 6.45) is 2.73. The van der Waals surface area contributed by atoms with Crippen molar-refractivity contribution in [1.82, 2.24) is 5.32 Å². The molecule has 2 unspecified atom stereocenters. The molecular weight excluding hydrogens is 262 g/mol. The van der Waals surface area contributed by atoms with Gasteiger partial charge in [0.15, 0.2) is 0 Å². The fraction of sp³-hybridized carbons (Fsp3) is 0.600. The Morgan fingerprint density at radius 3 is 2.89 bits per heavy atom. The zero-order valence-electron chi connectivity index (χ0n) is 11.6. The van der Waals surface area contributed by atoms with Crippen molar-refractivity contribution in [3.8, 4) is 5.75 Å². The third kappa shape index (κ3) is 4.37. The third-order valence-corrected chi connectivity index (χ3v) is 3.81. The first-order chi connectivity index (χ1) is 9.19. The van der Waals surface area contributed by atoms with E-state index in [1.807, 2.05) is 25.1 Å². The van der Waals surface area contributed by atoms with Crippen LogP contribution in [0.4, 0.5) is 0 Å². The van der Waals surface area contributed by atoms with Gasteiger partial charge in [0.2, 0.25) is 0 Å². The van der Waals surface area contributed by atoms with Crippen LogP contribution in [0.1, 0.15) is 25.3 Å². The van der Waals surface area contributed by atoms with Gasteiger partial charge in [-0.2, -0.15) is 0 Å². The van der Waals surface area contributed by atoms with Gasteiger partial charge in [-0.3, -0.25) is 0 Å². The van der Waals surface area contributed by atoms with Crippen LogP contribution in [-0.4, -0.2) is 31.9 Å². The van der Waals surface area contributed by atoms with E-state index < -0.39 is 0 Å². The molecule has 0 amide bonds. The topological polar surface area (TPSA) is 30.5 Å². The van der Waals surface area contributed by atoms with Crippen LogP contribution in [0.5, 0.6) is 5.75 Å². The van der Waals surface area contributed by atoms with Crippen molar-refractivity contribution in [1.29, 1.82) is 0 Å². The molecule has 0 spiro atoms. The summed E-state index contributed by atoms with van der Waals surface area (Å²) in [5.74, 6) is 0.862. The highest BCUT2D eigenvalue weighted by molar-refractivity contribution is 6.31. The number of nitrogens with one attached hydrogen (secondary N) is 1. The molecule has 2 rings (SSSR count). The van der Waals surface area contributed by atoms with Crippen LogP contribution in [0.2, 0.25) is 5.02 Å². The zero-order chi connectivity index (χ0) is 13.7. The van der Waals surface area contributed by atoms with E-state index in [2.05, 4.69) is 12.2 Å². The maximum atomic E-state index is 5.99. The van der Waals surface area contributed by atoms with Crippen molar-refractivity contribution >= 4 is 11.6 Å². The van der Waals surface area contributed by atoms with Crippen molar-refractivity contribution in [2.24, 2.45) is 0 Å². The van der Waals surface area contributed by atoms with Gasteiger partial charge in [0.05, 0.1) is 12.2 Å². The van der Waals surface area contributed by atoms with Crippen LogP contribution in [0.3, 0.4) is 0 Å². The van der Waals surface area contributed by atoms with Gasteiger partial charge in [-0.15, -0.1) is 0 Å². The molecule has 1 aromatic carbocycles. The fourth-order valence-electron chi connectivity index (χ4n) is 2.25. The van der Waals surface area contributed by atoms with Gasteiger partial charge in [0, 0.05) is 11.6 Å². The number of halogens is 1. The molecule has 0 radical (unpaired) electrons. The zero-order valence-corrected chi connectivity index (χ0v) is 12.4. The van der Waals surface area contributed by atoms with Crippen molar-refractivity contribution in [3.05, 3.63) is 28.8 Å². The Bertz CT molecular complexity index is 411. The molecule has 0 saturated carbocycles. The highest BCUT2D eigenvalue weighted by Crippen LogP contribution is 2.23. The second-order valence-electron chi connectivity index (χ2n) is 4.99. The van der Waals surface area contributed by atoms with Crippen LogP contribution < -0.4 is 10.1 Å². The molecule has 0 aliphatic carbocycles. The molecule has 1 N–H and O–H groups in total. The molecule has 1 heterocycles. The third-order valence-electron chi connectivity index (χ3n) is 3.38. The predicted molar refractivity (Wildman–Crippen MR) is 78.1 cm³/mol. The van der Waals surface area contributed by atoms with Crippen molar-refractivity contribution < 1.29 is 9.47 Å². The molecule has 0 bridgehead atoms. The van der Waals surface area contributed by atoms with Gasteiger partial charge in [0.1, 0.15) is 12.4 Å². The average Bonchev–Trinajstić information content (AvgIpc) is 2.86. The van der Waals surface area contributed by atoms with Crippen LogP contribution >= 0.6 is 11.6 Å². The number of rotatable bonds is 6. The molecule has 4 heteroatoms. The van der Waals surface area contributed by atoms with Gasteiger partial charge < -0.3 is 14.8 Å². The van der Waals surface area contributed by atoms with Crippen molar-refractivity contribution in [2.75, 3.05) is 19.7 Å². The number of likely N-dealkylation sites (N-methyl/N-ethyl adjacent to an activating group) is 1. The standard InChI is InChI=1S/C15H22ClNO2/c1-3-17-9-13-4-5-14(19-13)10-18-12-6-7-15(16)11(2)8-12/h6-8,13-14,17H,3-5,9-10H2,1-2H3. The minimum absolute atomic E-state index is 0.208. The van der Waals surface area contributed by atoms with E-state index in [1.165, 1.54) is 0 Å². The Balaban J connectivity index is 1.75. The first kappa shape index (κ1) is 14.6. The van der Waals surface area contributed by atoms with E-state index in [0.717, 1.165) is 42.3 Å². The Labute approximate surface area is 120 Å². The number of benzene rings is 1. The maximum Gasteiger partial charge on any atom is 0.119 e. The quantitative estimate of drug-likeness (QED) is 0.870. The monoisotopic (exact) mass is 283 g/mol. The summed E-state index contributed by atoms with van der Waals surface area (Å²) in [6.45, 7) is 6.63. The van der Waals surface area contributed by atoms with E-state index in [4.69, 9.17) is 21.1 Å². The Morgan fingerprint density at radius 1 is 1.37 bits per heavy atom. The minimum atomic E-state index is 0.208. The summed E-state index contributed by atoms with van der Waals surface area (Å²) in [7, 11) is 0. The highest BCUT2D eigenvalue weighted by atomic mass is 35.5. The van der Waals surface area contributed by atoms with Crippen LogP contribution in [0, 0.1) is 6.92 Å². The molecule has 19 heavy (non-hydrogen) atoms. The molecule has 106 valence electrons. The Kier molecular flexibility index (Phi) is 5.49. The van der Waals surface area contributed by atoms with Crippen LogP contribution in [-0.2, 0) is 4.74 Å². The molecule has 1 aliphatic rings. The summed E-state index contributed by atoms with van der Waals surface area (Å²) in [6, 6.07) is 5.74. The smallest absolute Gasteiger partial charge is 0.119 e. The van der Waals surface area contributed by atoms with Gasteiger partial charge in [-0.1, -0.05) is 18.5 Å². The van der Waals surface area contributed by atoms with Crippen LogP contribution in [0.25, 0.3) is 0 Å². The van der Waals surface area contributed by atoms with Crippen molar-refractivity contribution in [2.45, 2.75) is 38.9 Å². The maximum absolute atomic E-state index is 5.99. The summed E-state index contributed by atoms with van der Waals surface area (Å²) >= 11 is 5.99. The first-order valence-electron chi connectivity index (χ1n) is 6.94. The van der Waals surface area contributed by atoms with Crippen LogP contribution in [0.15, 0.2) is 18.2 Å². The second kappa shape index (κ2) is 7.13. The van der Waals surface area contributed by atoms with E-state index in [9.17, 15) is 0 Å². The molecular formula is C15H22ClNO2. The lowest BCUT2D eigenvalue weighted by Gasteiger charge is -2.15. The number of aryl methyl sites for hydroxylation is 1. The van der Waals surface area contributed by atoms with E-state index in [0.29, 0.717) is 12.7 Å². The molecule has 1 aliphatic heterocycles. The predicted octanol–water partition coefficient (Wildman–Crippen LogP) is 3.18. The second-order valence-corrected chi connectivity index (χ2v) is 5.39. The fourth-order valence-corrected chi connectivity index (χ4v) is 2.37. The van der Waals surface area contributed by atoms with E-state index in [1.54, 1.807) is 0 Å². The van der Waals surface area contributed by atoms with Crippen molar-refractivity contribution in [3.63, 3.8) is 0 Å². The van der Waals surface area contributed by atoms with Gasteiger partial charge in [0.25, 0.3) is 0 Å². The lowest BCUT2D eigenvalue weighted by molar-refractivity contribution is 0.0188. The normalized spacial score (nSPS) is 22.7.